The van der Waals surface area contributed by atoms with E-state index in [2.05, 4.69) is 10.6 Å². The van der Waals surface area contributed by atoms with E-state index in [4.69, 9.17) is 0 Å². The average molecular weight is 289 g/mol. The number of carbonyl (C=O) groups is 3. The van der Waals surface area contributed by atoms with Gasteiger partial charge in [-0.15, -0.1) is 0 Å². The van der Waals surface area contributed by atoms with Gasteiger partial charge in [0.1, 0.15) is 0 Å². The van der Waals surface area contributed by atoms with E-state index < -0.39 is 6.04 Å². The summed E-state index contributed by atoms with van der Waals surface area (Å²) in [6, 6.07) is 8.31. The Labute approximate surface area is 123 Å². The molecule has 1 saturated heterocycles. The summed E-state index contributed by atoms with van der Waals surface area (Å²) >= 11 is 0. The highest BCUT2D eigenvalue weighted by Gasteiger charge is 2.39. The van der Waals surface area contributed by atoms with E-state index in [-0.39, 0.29) is 30.6 Å². The van der Waals surface area contributed by atoms with E-state index in [0.29, 0.717) is 18.8 Å². The molecule has 2 rings (SSSR count). The highest BCUT2D eigenvalue weighted by Crippen LogP contribution is 2.22. The Balaban J connectivity index is 1.91. The van der Waals surface area contributed by atoms with Gasteiger partial charge in [-0.3, -0.25) is 14.4 Å². The predicted molar refractivity (Wildman–Crippen MR) is 78.6 cm³/mol. The lowest BCUT2D eigenvalue weighted by atomic mass is 10.2. The van der Waals surface area contributed by atoms with E-state index in [0.717, 1.165) is 0 Å². The minimum Gasteiger partial charge on any atom is -0.356 e. The topological polar surface area (TPSA) is 78.5 Å². The molecule has 1 aliphatic heterocycles. The highest BCUT2D eigenvalue weighted by molar-refractivity contribution is 6.22. The maximum absolute atomic E-state index is 12.3. The van der Waals surface area contributed by atoms with Crippen molar-refractivity contribution in [1.29, 1.82) is 0 Å². The zero-order valence-corrected chi connectivity index (χ0v) is 12.0. The van der Waals surface area contributed by atoms with Gasteiger partial charge in [-0.25, -0.2) is 4.90 Å². The number of hydrogen-bond donors (Lipinski definition) is 2. The molecule has 0 aromatic heterocycles. The molecule has 2 N–H and O–H groups in total. The van der Waals surface area contributed by atoms with Crippen molar-refractivity contribution in [3.05, 3.63) is 30.3 Å². The van der Waals surface area contributed by atoms with E-state index in [1.807, 2.05) is 13.0 Å². The van der Waals surface area contributed by atoms with Crippen LogP contribution in [0, 0.1) is 0 Å². The quantitative estimate of drug-likeness (QED) is 0.745. The number of amides is 3. The molecule has 0 aliphatic carbocycles. The van der Waals surface area contributed by atoms with Crippen LogP contribution in [-0.4, -0.2) is 36.9 Å². The lowest BCUT2D eigenvalue weighted by Crippen LogP contribution is -2.40. The molecule has 1 heterocycles. The summed E-state index contributed by atoms with van der Waals surface area (Å²) in [5.74, 6) is -0.550. The zero-order chi connectivity index (χ0) is 15.2. The molecule has 21 heavy (non-hydrogen) atoms. The fourth-order valence-electron chi connectivity index (χ4n) is 2.29. The minimum atomic E-state index is -0.549. The Morgan fingerprint density at radius 3 is 2.67 bits per heavy atom. The molecule has 6 nitrogen and oxygen atoms in total. The number of imide groups is 1. The van der Waals surface area contributed by atoms with Gasteiger partial charge in [0.05, 0.1) is 18.2 Å². The van der Waals surface area contributed by atoms with Crippen LogP contribution in [0.3, 0.4) is 0 Å². The normalized spacial score (nSPS) is 18.1. The number of para-hydroxylation sites is 1. The molecule has 1 aromatic rings. The molecule has 0 spiro atoms. The van der Waals surface area contributed by atoms with Gasteiger partial charge in [0.25, 0.3) is 5.91 Å². The summed E-state index contributed by atoms with van der Waals surface area (Å²) < 4.78 is 0. The SMILES string of the molecule is CCNC(=O)CCNC1CC(=O)N(c2ccccc2)C1=O. The first kappa shape index (κ1) is 15.2. The van der Waals surface area contributed by atoms with Crippen LogP contribution < -0.4 is 15.5 Å². The van der Waals surface area contributed by atoms with E-state index >= 15 is 0 Å². The summed E-state index contributed by atoms with van der Waals surface area (Å²) in [4.78, 5) is 36.8. The highest BCUT2D eigenvalue weighted by atomic mass is 16.2. The Bertz CT molecular complexity index is 530. The fourth-order valence-corrected chi connectivity index (χ4v) is 2.29. The number of benzene rings is 1. The average Bonchev–Trinajstić information content (AvgIpc) is 2.75. The van der Waals surface area contributed by atoms with E-state index in [1.54, 1.807) is 24.3 Å². The molecular formula is C15H19N3O3. The molecule has 0 saturated carbocycles. The van der Waals surface area contributed by atoms with Gasteiger partial charge >= 0.3 is 0 Å². The first-order valence-electron chi connectivity index (χ1n) is 7.05. The lowest BCUT2D eigenvalue weighted by molar-refractivity contribution is -0.123. The first-order valence-corrected chi connectivity index (χ1v) is 7.05. The van der Waals surface area contributed by atoms with Crippen molar-refractivity contribution < 1.29 is 14.4 Å². The van der Waals surface area contributed by atoms with Gasteiger partial charge in [0, 0.05) is 19.5 Å². The number of nitrogens with one attached hydrogen (secondary N) is 2. The zero-order valence-electron chi connectivity index (χ0n) is 12.0. The van der Waals surface area contributed by atoms with Crippen molar-refractivity contribution in [1.82, 2.24) is 10.6 Å². The maximum atomic E-state index is 12.3. The molecule has 1 atom stereocenters. The van der Waals surface area contributed by atoms with Crippen LogP contribution in [0.2, 0.25) is 0 Å². The molecule has 1 aliphatic rings. The van der Waals surface area contributed by atoms with Crippen LogP contribution in [0.1, 0.15) is 19.8 Å². The standard InChI is InChI=1S/C15H19N3O3/c1-2-16-13(19)8-9-17-12-10-14(20)18(15(12)21)11-6-4-3-5-7-11/h3-7,12,17H,2,8-10H2,1H3,(H,16,19). The van der Waals surface area contributed by atoms with Crippen molar-refractivity contribution in [3.63, 3.8) is 0 Å². The summed E-state index contributed by atoms with van der Waals surface area (Å²) in [5.41, 5.74) is 0.584. The number of nitrogens with zero attached hydrogens (tertiary/aromatic N) is 1. The second kappa shape index (κ2) is 6.99. The molecule has 0 radical (unpaired) electrons. The largest absolute Gasteiger partial charge is 0.356 e. The molecular weight excluding hydrogens is 270 g/mol. The predicted octanol–water partition coefficient (Wildman–Crippen LogP) is 0.434. The van der Waals surface area contributed by atoms with Crippen molar-refractivity contribution in [2.45, 2.75) is 25.8 Å². The van der Waals surface area contributed by atoms with Crippen molar-refractivity contribution >= 4 is 23.4 Å². The number of hydrogen-bond acceptors (Lipinski definition) is 4. The minimum absolute atomic E-state index is 0.0679. The molecule has 112 valence electrons. The van der Waals surface area contributed by atoms with Gasteiger partial charge in [0.2, 0.25) is 11.8 Å². The third-order valence-electron chi connectivity index (χ3n) is 3.28. The van der Waals surface area contributed by atoms with Gasteiger partial charge in [0.15, 0.2) is 0 Å². The summed E-state index contributed by atoms with van der Waals surface area (Å²) in [7, 11) is 0. The third-order valence-corrected chi connectivity index (χ3v) is 3.28. The van der Waals surface area contributed by atoms with Gasteiger partial charge < -0.3 is 10.6 Å². The monoisotopic (exact) mass is 289 g/mol. The van der Waals surface area contributed by atoms with E-state index in [9.17, 15) is 14.4 Å². The van der Waals surface area contributed by atoms with Crippen LogP contribution in [0.4, 0.5) is 5.69 Å². The van der Waals surface area contributed by atoms with E-state index in [1.165, 1.54) is 4.90 Å². The van der Waals surface area contributed by atoms with Crippen LogP contribution in [0.25, 0.3) is 0 Å². The molecule has 1 fully saturated rings. The van der Waals surface area contributed by atoms with Crippen molar-refractivity contribution in [2.24, 2.45) is 0 Å². The Morgan fingerprint density at radius 1 is 1.29 bits per heavy atom. The lowest BCUT2D eigenvalue weighted by Gasteiger charge is -2.15. The summed E-state index contributed by atoms with van der Waals surface area (Å²) in [5, 5.41) is 5.66. The Hall–Kier alpha value is -2.21. The number of rotatable bonds is 6. The van der Waals surface area contributed by atoms with Gasteiger partial charge in [-0.1, -0.05) is 18.2 Å². The maximum Gasteiger partial charge on any atom is 0.251 e. The number of carbonyl (C=O) groups excluding carboxylic acids is 3. The van der Waals surface area contributed by atoms with Crippen LogP contribution in [-0.2, 0) is 14.4 Å². The third kappa shape index (κ3) is 3.66. The fraction of sp³-hybridized carbons (Fsp3) is 0.400. The molecule has 1 unspecified atom stereocenters. The number of anilines is 1. The van der Waals surface area contributed by atoms with Crippen LogP contribution in [0.5, 0.6) is 0 Å². The second-order valence-electron chi connectivity index (χ2n) is 4.82. The van der Waals surface area contributed by atoms with Crippen LogP contribution >= 0.6 is 0 Å². The second-order valence-corrected chi connectivity index (χ2v) is 4.82. The van der Waals surface area contributed by atoms with Crippen molar-refractivity contribution in [3.8, 4) is 0 Å². The Morgan fingerprint density at radius 2 is 2.00 bits per heavy atom. The van der Waals surface area contributed by atoms with Gasteiger partial charge in [-0.05, 0) is 19.1 Å². The molecule has 3 amide bonds. The van der Waals surface area contributed by atoms with Crippen LogP contribution in [0.15, 0.2) is 30.3 Å². The molecule has 6 heteroatoms. The Kier molecular flexibility index (Phi) is 5.05. The molecule has 0 bridgehead atoms. The first-order chi connectivity index (χ1) is 10.1. The summed E-state index contributed by atoms with van der Waals surface area (Å²) in [6.45, 7) is 2.81. The van der Waals surface area contributed by atoms with Crippen molar-refractivity contribution in [2.75, 3.05) is 18.0 Å². The smallest absolute Gasteiger partial charge is 0.251 e. The molecule has 1 aromatic carbocycles. The van der Waals surface area contributed by atoms with Gasteiger partial charge in [-0.2, -0.15) is 0 Å². The summed E-state index contributed by atoms with van der Waals surface area (Å²) in [6.07, 6.45) is 0.417.